The molecule has 2 N–H and O–H groups in total. The molecule has 0 saturated carbocycles. The van der Waals surface area contributed by atoms with Gasteiger partial charge in [0, 0.05) is 19.6 Å². The molecule has 30 heavy (non-hydrogen) atoms. The lowest BCUT2D eigenvalue weighted by molar-refractivity contribution is 0.0751. The topological polar surface area (TPSA) is 73.4 Å². The van der Waals surface area contributed by atoms with Gasteiger partial charge in [0.15, 0.2) is 11.4 Å². The van der Waals surface area contributed by atoms with E-state index in [-0.39, 0.29) is 18.3 Å². The van der Waals surface area contributed by atoms with Gasteiger partial charge in [0.05, 0.1) is 18.5 Å². The van der Waals surface area contributed by atoms with Gasteiger partial charge in [-0.05, 0) is 30.5 Å². The van der Waals surface area contributed by atoms with Crippen LogP contribution in [0.4, 0.5) is 0 Å². The van der Waals surface area contributed by atoms with Crippen molar-refractivity contribution in [3.8, 4) is 11.4 Å². The molecule has 0 saturated heterocycles. The third-order valence-corrected chi connectivity index (χ3v) is 4.57. The number of benzene rings is 2. The lowest BCUT2D eigenvalue weighted by atomic mass is 10.1. The summed E-state index contributed by atoms with van der Waals surface area (Å²) in [6, 6.07) is 19.8. The Hall–Kier alpha value is -2.83. The summed E-state index contributed by atoms with van der Waals surface area (Å²) in [7, 11) is 0. The lowest BCUT2D eigenvalue weighted by Crippen LogP contribution is -2.37. The van der Waals surface area contributed by atoms with Gasteiger partial charge in [-0.2, -0.15) is 5.10 Å². The largest absolute Gasteiger partial charge is 0.489 e. The summed E-state index contributed by atoms with van der Waals surface area (Å²) >= 11 is 0. The Balaban J connectivity index is 0.00000320. The van der Waals surface area contributed by atoms with Gasteiger partial charge in [0.25, 0.3) is 5.91 Å². The zero-order valence-corrected chi connectivity index (χ0v) is 18.1. The summed E-state index contributed by atoms with van der Waals surface area (Å²) in [5, 5.41) is 4.55. The van der Waals surface area contributed by atoms with Crippen LogP contribution in [0.2, 0.25) is 0 Å². The van der Waals surface area contributed by atoms with E-state index < -0.39 is 0 Å². The molecule has 0 spiro atoms. The zero-order chi connectivity index (χ0) is 20.5. The second-order valence-electron chi connectivity index (χ2n) is 6.79. The van der Waals surface area contributed by atoms with E-state index in [9.17, 15) is 4.79 Å². The van der Waals surface area contributed by atoms with Crippen LogP contribution in [0.1, 0.15) is 29.4 Å². The molecular weight excluding hydrogens is 400 g/mol. The molecule has 0 aliphatic heterocycles. The molecule has 3 rings (SSSR count). The minimum atomic E-state index is -0.160. The normalized spacial score (nSPS) is 10.3. The second kappa shape index (κ2) is 12.0. The number of hydrogen-bond donors (Lipinski definition) is 1. The Kier molecular flexibility index (Phi) is 9.38. The number of halogens is 1. The van der Waals surface area contributed by atoms with Crippen molar-refractivity contribution in [3.63, 3.8) is 0 Å². The number of rotatable bonds is 10. The quantitative estimate of drug-likeness (QED) is 0.534. The average Bonchev–Trinajstić information content (AvgIpc) is 3.20. The van der Waals surface area contributed by atoms with Crippen molar-refractivity contribution in [1.82, 2.24) is 14.7 Å². The molecule has 0 aliphatic rings. The Morgan fingerprint density at radius 1 is 1.07 bits per heavy atom. The molecule has 2 aromatic carbocycles. The molecule has 0 aliphatic carbocycles. The van der Waals surface area contributed by atoms with Crippen LogP contribution in [0.5, 0.6) is 5.75 Å². The molecule has 160 valence electrons. The number of hydrogen-bond acceptors (Lipinski definition) is 4. The predicted octanol–water partition coefficient (Wildman–Crippen LogP) is 3.73. The standard InChI is InChI=1S/C23H28N4O2.ClH/c1-2-17-29-21-18-27(20-11-7-4-8-12-20)25-22(21)23(28)26(16-14-24)15-13-19-9-5-3-6-10-19;/h3-12,18H,2,13-17,24H2,1H3;1H. The van der Waals surface area contributed by atoms with Crippen LogP contribution in [0.25, 0.3) is 5.69 Å². The van der Waals surface area contributed by atoms with E-state index in [1.165, 1.54) is 5.56 Å². The molecule has 0 radical (unpaired) electrons. The number of nitrogens with two attached hydrogens (primary N) is 1. The molecule has 0 bridgehead atoms. The van der Waals surface area contributed by atoms with Crippen LogP contribution >= 0.6 is 12.4 Å². The zero-order valence-electron chi connectivity index (χ0n) is 17.2. The molecule has 1 aromatic heterocycles. The molecule has 1 amide bonds. The minimum Gasteiger partial charge on any atom is -0.489 e. The Morgan fingerprint density at radius 2 is 1.73 bits per heavy atom. The van der Waals surface area contributed by atoms with Crippen LogP contribution in [0, 0.1) is 0 Å². The van der Waals surface area contributed by atoms with E-state index in [0.29, 0.717) is 37.7 Å². The Bertz CT molecular complexity index is 900. The highest BCUT2D eigenvalue weighted by Crippen LogP contribution is 2.22. The maximum atomic E-state index is 13.3. The van der Waals surface area contributed by atoms with E-state index in [4.69, 9.17) is 10.5 Å². The van der Waals surface area contributed by atoms with E-state index >= 15 is 0 Å². The van der Waals surface area contributed by atoms with Gasteiger partial charge < -0.3 is 15.4 Å². The third kappa shape index (κ3) is 6.08. The van der Waals surface area contributed by atoms with Gasteiger partial charge in [0.2, 0.25) is 0 Å². The molecule has 6 nitrogen and oxygen atoms in total. The Labute approximate surface area is 184 Å². The van der Waals surface area contributed by atoms with Crippen LogP contribution in [-0.4, -0.2) is 46.8 Å². The summed E-state index contributed by atoms with van der Waals surface area (Å²) in [5.74, 6) is 0.342. The van der Waals surface area contributed by atoms with E-state index in [0.717, 1.165) is 18.5 Å². The molecule has 7 heteroatoms. The SMILES string of the molecule is CCCOc1cn(-c2ccccc2)nc1C(=O)N(CCN)CCc1ccccc1.Cl. The fourth-order valence-corrected chi connectivity index (χ4v) is 3.07. The number of aromatic nitrogens is 2. The summed E-state index contributed by atoms with van der Waals surface area (Å²) in [6.45, 7) is 4.00. The first-order chi connectivity index (χ1) is 14.2. The number of carbonyl (C=O) groups excluding carboxylic acids is 1. The van der Waals surface area contributed by atoms with Crippen molar-refractivity contribution in [1.29, 1.82) is 0 Å². The van der Waals surface area contributed by atoms with Crippen molar-refractivity contribution in [2.24, 2.45) is 5.73 Å². The van der Waals surface area contributed by atoms with Gasteiger partial charge in [-0.3, -0.25) is 4.79 Å². The van der Waals surface area contributed by atoms with Crippen molar-refractivity contribution in [3.05, 3.63) is 78.1 Å². The summed E-state index contributed by atoms with van der Waals surface area (Å²) in [6.07, 6.45) is 3.39. The molecule has 0 atom stereocenters. The van der Waals surface area contributed by atoms with E-state index in [1.54, 1.807) is 15.8 Å². The monoisotopic (exact) mass is 428 g/mol. The molecule has 0 unspecified atom stereocenters. The Morgan fingerprint density at radius 3 is 2.37 bits per heavy atom. The number of ether oxygens (including phenoxy) is 1. The first kappa shape index (κ1) is 23.4. The average molecular weight is 429 g/mol. The van der Waals surface area contributed by atoms with Gasteiger partial charge in [-0.1, -0.05) is 55.5 Å². The molecular formula is C23H29ClN4O2. The second-order valence-corrected chi connectivity index (χ2v) is 6.79. The fourth-order valence-electron chi connectivity index (χ4n) is 3.07. The third-order valence-electron chi connectivity index (χ3n) is 4.57. The van der Waals surface area contributed by atoms with Crippen molar-refractivity contribution < 1.29 is 9.53 Å². The van der Waals surface area contributed by atoms with Crippen molar-refractivity contribution in [2.45, 2.75) is 19.8 Å². The van der Waals surface area contributed by atoms with Crippen LogP contribution < -0.4 is 10.5 Å². The summed E-state index contributed by atoms with van der Waals surface area (Å²) in [5.41, 5.74) is 8.16. The first-order valence-corrected chi connectivity index (χ1v) is 10.0. The predicted molar refractivity (Wildman–Crippen MR) is 122 cm³/mol. The van der Waals surface area contributed by atoms with Gasteiger partial charge >= 0.3 is 0 Å². The van der Waals surface area contributed by atoms with Crippen molar-refractivity contribution in [2.75, 3.05) is 26.2 Å². The molecule has 0 fully saturated rings. The van der Waals surface area contributed by atoms with E-state index in [1.807, 2.05) is 55.5 Å². The lowest BCUT2D eigenvalue weighted by Gasteiger charge is -2.21. The molecule has 3 aromatic rings. The number of nitrogens with zero attached hydrogens (tertiary/aromatic N) is 3. The highest BCUT2D eigenvalue weighted by Gasteiger charge is 2.24. The smallest absolute Gasteiger partial charge is 0.278 e. The van der Waals surface area contributed by atoms with Gasteiger partial charge in [-0.15, -0.1) is 12.4 Å². The van der Waals surface area contributed by atoms with Crippen LogP contribution in [-0.2, 0) is 6.42 Å². The van der Waals surface area contributed by atoms with Crippen LogP contribution in [0.3, 0.4) is 0 Å². The number of carbonyl (C=O) groups is 1. The first-order valence-electron chi connectivity index (χ1n) is 10.0. The highest BCUT2D eigenvalue weighted by molar-refractivity contribution is 5.95. The number of para-hydroxylation sites is 1. The fraction of sp³-hybridized carbons (Fsp3) is 0.304. The molecule has 1 heterocycles. The number of amides is 1. The van der Waals surface area contributed by atoms with Gasteiger partial charge in [-0.25, -0.2) is 4.68 Å². The maximum absolute atomic E-state index is 13.3. The van der Waals surface area contributed by atoms with Crippen LogP contribution in [0.15, 0.2) is 66.9 Å². The summed E-state index contributed by atoms with van der Waals surface area (Å²) < 4.78 is 7.53. The maximum Gasteiger partial charge on any atom is 0.278 e. The van der Waals surface area contributed by atoms with Crippen molar-refractivity contribution >= 4 is 18.3 Å². The minimum absolute atomic E-state index is 0. The van der Waals surface area contributed by atoms with E-state index in [2.05, 4.69) is 17.2 Å². The summed E-state index contributed by atoms with van der Waals surface area (Å²) in [4.78, 5) is 15.1. The van der Waals surface area contributed by atoms with Gasteiger partial charge in [0.1, 0.15) is 0 Å². The highest BCUT2D eigenvalue weighted by atomic mass is 35.5.